The molecule has 0 aliphatic carbocycles. The molecule has 4 atom stereocenters. The monoisotopic (exact) mass is 189 g/mol. The van der Waals surface area contributed by atoms with Crippen LogP contribution in [0.4, 0.5) is 0 Å². The van der Waals surface area contributed by atoms with Gasteiger partial charge in [0.25, 0.3) is 0 Å². The Morgan fingerprint density at radius 1 is 1.33 bits per heavy atom. The van der Waals surface area contributed by atoms with Crippen LogP contribution in [0.1, 0.15) is 12.8 Å². The molecule has 3 heterocycles. The minimum absolute atomic E-state index is 0.144. The van der Waals surface area contributed by atoms with Crippen molar-refractivity contribution in [3.8, 4) is 0 Å². The van der Waals surface area contributed by atoms with Gasteiger partial charge in [-0.2, -0.15) is 4.31 Å². The summed E-state index contributed by atoms with van der Waals surface area (Å²) in [6, 6.07) is 0. The van der Waals surface area contributed by atoms with E-state index < -0.39 is 10.0 Å². The first-order valence-corrected chi connectivity index (χ1v) is 5.83. The molecule has 3 rings (SSSR count). The molecule has 2 bridgehead atoms. The second kappa shape index (κ2) is 2.02. The second-order valence-electron chi connectivity index (χ2n) is 3.76. The summed E-state index contributed by atoms with van der Waals surface area (Å²) < 4.78 is 30.2. The van der Waals surface area contributed by atoms with Crippen molar-refractivity contribution in [3.63, 3.8) is 0 Å². The van der Waals surface area contributed by atoms with Crippen molar-refractivity contribution in [3.05, 3.63) is 0 Å². The van der Waals surface area contributed by atoms with Gasteiger partial charge in [-0.1, -0.05) is 0 Å². The van der Waals surface area contributed by atoms with Gasteiger partial charge in [0.05, 0.1) is 17.5 Å². The molecule has 0 aromatic carbocycles. The third-order valence-electron chi connectivity index (χ3n) is 3.05. The fourth-order valence-electron chi connectivity index (χ4n) is 2.22. The molecule has 3 aliphatic heterocycles. The molecule has 3 aliphatic rings. The van der Waals surface area contributed by atoms with Gasteiger partial charge < -0.3 is 4.74 Å². The highest BCUT2D eigenvalue weighted by Gasteiger charge is 2.53. The zero-order chi connectivity index (χ0) is 8.34. The van der Waals surface area contributed by atoms with Crippen LogP contribution in [0.2, 0.25) is 0 Å². The van der Waals surface area contributed by atoms with Crippen LogP contribution in [0.15, 0.2) is 0 Å². The lowest BCUT2D eigenvalue weighted by atomic mass is 10.1. The van der Waals surface area contributed by atoms with E-state index in [2.05, 4.69) is 0 Å². The number of epoxide rings is 1. The third-order valence-corrected chi connectivity index (χ3v) is 5.37. The summed E-state index contributed by atoms with van der Waals surface area (Å²) in [5.74, 6) is 0. The molecule has 3 fully saturated rings. The largest absolute Gasteiger partial charge is 0.368 e. The average Bonchev–Trinajstić information content (AvgIpc) is 2.58. The molecular weight excluding hydrogens is 178 g/mol. The van der Waals surface area contributed by atoms with E-state index in [-0.39, 0.29) is 17.5 Å². The summed E-state index contributed by atoms with van der Waals surface area (Å²) in [6.07, 6.45) is 1.98. The van der Waals surface area contributed by atoms with E-state index in [1.807, 2.05) is 0 Å². The Hall–Kier alpha value is -0.130. The lowest BCUT2D eigenvalue weighted by Gasteiger charge is -2.12. The van der Waals surface area contributed by atoms with E-state index >= 15 is 0 Å². The number of hydrogen-bond donors (Lipinski definition) is 0. The summed E-state index contributed by atoms with van der Waals surface area (Å²) in [5.41, 5.74) is 0. The zero-order valence-electron chi connectivity index (χ0n) is 6.64. The number of ether oxygens (including phenoxy) is 1. The van der Waals surface area contributed by atoms with Gasteiger partial charge in [-0.25, -0.2) is 8.42 Å². The molecule has 0 aromatic heterocycles. The molecule has 5 heteroatoms. The van der Waals surface area contributed by atoms with Gasteiger partial charge >= 0.3 is 0 Å². The fourth-order valence-corrected chi connectivity index (χ4v) is 4.19. The molecule has 0 N–H and O–H groups in total. The molecule has 68 valence electrons. The number of hydrogen-bond acceptors (Lipinski definition) is 3. The number of nitrogens with zero attached hydrogens (tertiary/aromatic N) is 1. The van der Waals surface area contributed by atoms with Crippen LogP contribution in [0.3, 0.4) is 0 Å². The number of sulfonamides is 1. The highest BCUT2D eigenvalue weighted by Crippen LogP contribution is 2.39. The van der Waals surface area contributed by atoms with Gasteiger partial charge in [-0.15, -0.1) is 0 Å². The van der Waals surface area contributed by atoms with Gasteiger partial charge in [-0.05, 0) is 12.8 Å². The Kier molecular flexibility index (Phi) is 1.23. The molecule has 4 nitrogen and oxygen atoms in total. The van der Waals surface area contributed by atoms with Crippen molar-refractivity contribution in [2.24, 2.45) is 0 Å². The first kappa shape index (κ1) is 7.29. The molecule has 0 saturated carbocycles. The van der Waals surface area contributed by atoms with Crippen LogP contribution in [0.25, 0.3) is 0 Å². The predicted molar refractivity (Wildman–Crippen MR) is 42.2 cm³/mol. The van der Waals surface area contributed by atoms with E-state index in [1.165, 1.54) is 0 Å². The minimum Gasteiger partial charge on any atom is -0.368 e. The van der Waals surface area contributed by atoms with Crippen LogP contribution in [-0.4, -0.2) is 43.3 Å². The lowest BCUT2D eigenvalue weighted by Crippen LogP contribution is -2.30. The molecule has 0 amide bonds. The Bertz CT molecular complexity index is 289. The van der Waals surface area contributed by atoms with Crippen LogP contribution >= 0.6 is 0 Å². The molecule has 3 saturated heterocycles. The van der Waals surface area contributed by atoms with Crippen LogP contribution in [-0.2, 0) is 14.8 Å². The summed E-state index contributed by atoms with van der Waals surface area (Å²) >= 11 is 0. The van der Waals surface area contributed by atoms with Crippen LogP contribution < -0.4 is 0 Å². The van der Waals surface area contributed by atoms with Crippen molar-refractivity contribution < 1.29 is 13.2 Å². The standard InChI is InChI=1S/C7H11NO3S/c9-12(10)5-1-2-8(12)4-7-6(3-5)11-7/h5-7H,1-4H2/t5-,6+,7-/m1/s1. The fraction of sp³-hybridized carbons (Fsp3) is 1.00. The molecule has 0 spiro atoms. The maximum absolute atomic E-state index is 11.6. The molecule has 0 radical (unpaired) electrons. The van der Waals surface area contributed by atoms with Gasteiger partial charge in [0.1, 0.15) is 0 Å². The van der Waals surface area contributed by atoms with E-state index in [4.69, 9.17) is 4.74 Å². The van der Waals surface area contributed by atoms with Crippen molar-refractivity contribution in [2.75, 3.05) is 13.1 Å². The molecule has 12 heavy (non-hydrogen) atoms. The van der Waals surface area contributed by atoms with Crippen LogP contribution in [0, 0.1) is 0 Å². The maximum atomic E-state index is 11.6. The SMILES string of the molecule is O=S1(=O)[C@@H]2CCN1C[C@H]1O[C@H]1C2. The predicted octanol–water partition coefficient (Wildman–Crippen LogP) is -0.438. The highest BCUT2D eigenvalue weighted by atomic mass is 32.2. The first-order chi connectivity index (χ1) is 5.68. The normalized spacial score (nSPS) is 54.3. The topological polar surface area (TPSA) is 49.9 Å². The van der Waals surface area contributed by atoms with E-state index in [9.17, 15) is 8.42 Å². The summed E-state index contributed by atoms with van der Waals surface area (Å²) in [4.78, 5) is 0. The first-order valence-electron chi connectivity index (χ1n) is 4.32. The minimum atomic E-state index is -2.91. The van der Waals surface area contributed by atoms with Crippen LogP contribution in [0.5, 0.6) is 0 Å². The highest BCUT2D eigenvalue weighted by molar-refractivity contribution is 7.90. The third kappa shape index (κ3) is 0.815. The molecule has 1 unspecified atom stereocenters. The Morgan fingerprint density at radius 2 is 2.17 bits per heavy atom. The van der Waals surface area contributed by atoms with E-state index in [0.717, 1.165) is 12.8 Å². The van der Waals surface area contributed by atoms with Gasteiger partial charge in [0.15, 0.2) is 0 Å². The van der Waals surface area contributed by atoms with Gasteiger partial charge in [0, 0.05) is 13.1 Å². The molecule has 0 aromatic rings. The van der Waals surface area contributed by atoms with Gasteiger partial charge in [-0.3, -0.25) is 0 Å². The maximum Gasteiger partial charge on any atom is 0.217 e. The zero-order valence-corrected chi connectivity index (χ0v) is 7.46. The smallest absolute Gasteiger partial charge is 0.217 e. The molecular formula is C7H11NO3S. The Labute approximate surface area is 71.5 Å². The van der Waals surface area contributed by atoms with Gasteiger partial charge in [0.2, 0.25) is 10.0 Å². The van der Waals surface area contributed by atoms with Crippen molar-refractivity contribution in [1.29, 1.82) is 0 Å². The van der Waals surface area contributed by atoms with E-state index in [1.54, 1.807) is 4.31 Å². The van der Waals surface area contributed by atoms with E-state index in [0.29, 0.717) is 13.1 Å². The van der Waals surface area contributed by atoms with Crippen molar-refractivity contribution in [1.82, 2.24) is 4.31 Å². The average molecular weight is 189 g/mol. The van der Waals surface area contributed by atoms with Crippen molar-refractivity contribution in [2.45, 2.75) is 30.3 Å². The summed E-state index contributed by atoms with van der Waals surface area (Å²) in [5, 5.41) is -0.144. The Balaban J connectivity index is 2.01. The number of fused-ring (bicyclic) bond motifs is 3. The summed E-state index contributed by atoms with van der Waals surface area (Å²) in [6.45, 7) is 1.31. The van der Waals surface area contributed by atoms with Crippen molar-refractivity contribution >= 4 is 10.0 Å². The Morgan fingerprint density at radius 3 is 3.00 bits per heavy atom. The number of rotatable bonds is 0. The lowest BCUT2D eigenvalue weighted by molar-refractivity contribution is 0.329. The quantitative estimate of drug-likeness (QED) is 0.485. The second-order valence-corrected chi connectivity index (χ2v) is 5.98. The summed E-state index contributed by atoms with van der Waals surface area (Å²) in [7, 11) is -2.91.